The molecule has 1 saturated heterocycles. The van der Waals surface area contributed by atoms with Crippen molar-refractivity contribution in [3.8, 4) is 6.07 Å². The standard InChI is InChI=1S/C15H22N6/c16-9-12-10-18-14(19-15(12)17)11-20-5-7-21(8-6-20)13-3-1-2-4-13/h10,13H,1-8,11H2,(H2,17,18,19). The molecule has 0 atom stereocenters. The van der Waals surface area contributed by atoms with Crippen LogP contribution in [0.2, 0.25) is 0 Å². The lowest BCUT2D eigenvalue weighted by Gasteiger charge is -2.37. The Kier molecular flexibility index (Phi) is 4.32. The third-order valence-electron chi connectivity index (χ3n) is 4.60. The van der Waals surface area contributed by atoms with Gasteiger partial charge >= 0.3 is 0 Å². The summed E-state index contributed by atoms with van der Waals surface area (Å²) in [5.41, 5.74) is 6.09. The van der Waals surface area contributed by atoms with E-state index in [0.717, 1.165) is 32.2 Å². The van der Waals surface area contributed by atoms with E-state index in [-0.39, 0.29) is 5.82 Å². The van der Waals surface area contributed by atoms with Gasteiger partial charge in [-0.2, -0.15) is 5.26 Å². The predicted molar refractivity (Wildman–Crippen MR) is 80.3 cm³/mol. The first-order chi connectivity index (χ1) is 10.3. The van der Waals surface area contributed by atoms with Crippen molar-refractivity contribution in [2.24, 2.45) is 0 Å². The predicted octanol–water partition coefficient (Wildman–Crippen LogP) is 0.991. The van der Waals surface area contributed by atoms with E-state index in [1.807, 2.05) is 6.07 Å². The van der Waals surface area contributed by atoms with Crippen LogP contribution >= 0.6 is 0 Å². The number of aromatic nitrogens is 2. The number of nitriles is 1. The third kappa shape index (κ3) is 3.31. The van der Waals surface area contributed by atoms with Crippen LogP contribution in [0.4, 0.5) is 5.82 Å². The molecule has 0 bridgehead atoms. The molecule has 1 aromatic heterocycles. The van der Waals surface area contributed by atoms with Crippen LogP contribution in [0.1, 0.15) is 37.1 Å². The van der Waals surface area contributed by atoms with Crippen molar-refractivity contribution in [3.63, 3.8) is 0 Å². The van der Waals surface area contributed by atoms with Crippen LogP contribution in [0.3, 0.4) is 0 Å². The van der Waals surface area contributed by atoms with Gasteiger partial charge in [-0.15, -0.1) is 0 Å². The molecule has 1 aliphatic carbocycles. The molecule has 2 N–H and O–H groups in total. The number of nitrogens with two attached hydrogens (primary N) is 1. The summed E-state index contributed by atoms with van der Waals surface area (Å²) in [6, 6.07) is 2.81. The minimum atomic E-state index is 0.284. The molecule has 0 amide bonds. The number of nitrogens with zero attached hydrogens (tertiary/aromatic N) is 5. The van der Waals surface area contributed by atoms with Crippen molar-refractivity contribution >= 4 is 5.82 Å². The summed E-state index contributed by atoms with van der Waals surface area (Å²) in [4.78, 5) is 13.5. The molecule has 2 heterocycles. The zero-order valence-electron chi connectivity index (χ0n) is 12.3. The van der Waals surface area contributed by atoms with Crippen LogP contribution in [0, 0.1) is 11.3 Å². The lowest BCUT2D eigenvalue weighted by molar-refractivity contribution is 0.0921. The Morgan fingerprint density at radius 2 is 1.95 bits per heavy atom. The highest BCUT2D eigenvalue weighted by Gasteiger charge is 2.26. The maximum atomic E-state index is 8.84. The van der Waals surface area contributed by atoms with Crippen molar-refractivity contribution in [2.75, 3.05) is 31.9 Å². The minimum absolute atomic E-state index is 0.284. The Labute approximate surface area is 125 Å². The Morgan fingerprint density at radius 3 is 2.57 bits per heavy atom. The molecule has 6 heteroatoms. The summed E-state index contributed by atoms with van der Waals surface area (Å²) in [6.45, 7) is 5.10. The first-order valence-corrected chi connectivity index (χ1v) is 7.74. The zero-order valence-corrected chi connectivity index (χ0v) is 12.3. The van der Waals surface area contributed by atoms with Crippen molar-refractivity contribution in [1.29, 1.82) is 5.26 Å². The molecule has 1 aliphatic heterocycles. The SMILES string of the molecule is N#Cc1cnc(CN2CCN(C3CCCC3)CC2)nc1N. The van der Waals surface area contributed by atoms with E-state index in [9.17, 15) is 0 Å². The topological polar surface area (TPSA) is 82.1 Å². The molecule has 0 unspecified atom stereocenters. The molecule has 2 fully saturated rings. The van der Waals surface area contributed by atoms with Gasteiger partial charge in [0.1, 0.15) is 23.3 Å². The number of hydrogen-bond donors (Lipinski definition) is 1. The van der Waals surface area contributed by atoms with Crippen LogP contribution in [-0.2, 0) is 6.54 Å². The number of rotatable bonds is 3. The number of piperazine rings is 1. The summed E-state index contributed by atoms with van der Waals surface area (Å²) in [5.74, 6) is 0.993. The Bertz CT molecular complexity index is 523. The van der Waals surface area contributed by atoms with Gasteiger partial charge in [0.25, 0.3) is 0 Å². The van der Waals surface area contributed by atoms with Crippen LogP contribution in [0.25, 0.3) is 0 Å². The first kappa shape index (κ1) is 14.2. The van der Waals surface area contributed by atoms with Crippen LogP contribution in [-0.4, -0.2) is 52.0 Å². The largest absolute Gasteiger partial charge is 0.382 e. The van der Waals surface area contributed by atoms with Crippen molar-refractivity contribution in [3.05, 3.63) is 17.6 Å². The maximum absolute atomic E-state index is 8.84. The summed E-state index contributed by atoms with van der Waals surface area (Å²) in [7, 11) is 0. The molecule has 1 aromatic rings. The summed E-state index contributed by atoms with van der Waals surface area (Å²) in [5, 5.41) is 8.84. The normalized spacial score (nSPS) is 21.5. The summed E-state index contributed by atoms with van der Waals surface area (Å²) in [6.07, 6.45) is 7.05. The molecule has 112 valence electrons. The highest BCUT2D eigenvalue weighted by Crippen LogP contribution is 2.24. The van der Waals surface area contributed by atoms with Gasteiger partial charge in [-0.25, -0.2) is 9.97 Å². The van der Waals surface area contributed by atoms with Crippen LogP contribution in [0.15, 0.2) is 6.20 Å². The number of hydrogen-bond acceptors (Lipinski definition) is 6. The van der Waals surface area contributed by atoms with E-state index in [0.29, 0.717) is 17.9 Å². The monoisotopic (exact) mass is 286 g/mol. The molecule has 0 aromatic carbocycles. The minimum Gasteiger partial charge on any atom is -0.382 e. The fourth-order valence-corrected chi connectivity index (χ4v) is 3.35. The van der Waals surface area contributed by atoms with Gasteiger partial charge in [0.15, 0.2) is 0 Å². The van der Waals surface area contributed by atoms with Gasteiger partial charge in [0.2, 0.25) is 0 Å². The lowest BCUT2D eigenvalue weighted by atomic mass is 10.2. The average molecular weight is 286 g/mol. The molecule has 21 heavy (non-hydrogen) atoms. The van der Waals surface area contributed by atoms with Gasteiger partial charge in [-0.05, 0) is 12.8 Å². The number of nitrogen functional groups attached to an aromatic ring is 1. The molecule has 0 radical (unpaired) electrons. The molecule has 6 nitrogen and oxygen atoms in total. The quantitative estimate of drug-likeness (QED) is 0.892. The van der Waals surface area contributed by atoms with Crippen molar-refractivity contribution in [1.82, 2.24) is 19.8 Å². The van der Waals surface area contributed by atoms with Gasteiger partial charge in [0.05, 0.1) is 12.7 Å². The Hall–Kier alpha value is -1.71. The van der Waals surface area contributed by atoms with Gasteiger partial charge < -0.3 is 5.73 Å². The highest BCUT2D eigenvalue weighted by atomic mass is 15.3. The fraction of sp³-hybridized carbons (Fsp3) is 0.667. The lowest BCUT2D eigenvalue weighted by Crippen LogP contribution is -2.49. The molecular formula is C15H22N6. The fourth-order valence-electron chi connectivity index (χ4n) is 3.35. The summed E-state index contributed by atoms with van der Waals surface area (Å²) < 4.78 is 0. The maximum Gasteiger partial charge on any atom is 0.145 e. The Morgan fingerprint density at radius 1 is 1.24 bits per heavy atom. The number of anilines is 1. The molecule has 3 rings (SSSR count). The second-order valence-corrected chi connectivity index (χ2v) is 5.95. The summed E-state index contributed by atoms with van der Waals surface area (Å²) >= 11 is 0. The average Bonchev–Trinajstić information content (AvgIpc) is 3.02. The van der Waals surface area contributed by atoms with E-state index in [4.69, 9.17) is 11.0 Å². The molecule has 2 aliphatic rings. The molecule has 1 saturated carbocycles. The second-order valence-electron chi connectivity index (χ2n) is 5.95. The van der Waals surface area contributed by atoms with E-state index in [2.05, 4.69) is 19.8 Å². The first-order valence-electron chi connectivity index (χ1n) is 7.74. The van der Waals surface area contributed by atoms with E-state index >= 15 is 0 Å². The van der Waals surface area contributed by atoms with E-state index < -0.39 is 0 Å². The third-order valence-corrected chi connectivity index (χ3v) is 4.60. The van der Waals surface area contributed by atoms with Crippen molar-refractivity contribution in [2.45, 2.75) is 38.3 Å². The van der Waals surface area contributed by atoms with Crippen LogP contribution < -0.4 is 5.73 Å². The van der Waals surface area contributed by atoms with E-state index in [1.54, 1.807) is 0 Å². The zero-order chi connectivity index (χ0) is 14.7. The molecular weight excluding hydrogens is 264 g/mol. The van der Waals surface area contributed by atoms with Crippen LogP contribution in [0.5, 0.6) is 0 Å². The van der Waals surface area contributed by atoms with Gasteiger partial charge in [0, 0.05) is 32.2 Å². The second kappa shape index (κ2) is 6.37. The Balaban J connectivity index is 1.53. The van der Waals surface area contributed by atoms with E-state index in [1.165, 1.54) is 31.9 Å². The van der Waals surface area contributed by atoms with Gasteiger partial charge in [-0.1, -0.05) is 12.8 Å². The highest BCUT2D eigenvalue weighted by molar-refractivity contribution is 5.46. The van der Waals surface area contributed by atoms with Gasteiger partial charge in [-0.3, -0.25) is 9.80 Å². The smallest absolute Gasteiger partial charge is 0.145 e. The van der Waals surface area contributed by atoms with Crippen molar-refractivity contribution < 1.29 is 0 Å². The molecule has 0 spiro atoms.